The Morgan fingerprint density at radius 2 is 2.26 bits per heavy atom. The van der Waals surface area contributed by atoms with Gasteiger partial charge in [-0.1, -0.05) is 0 Å². The van der Waals surface area contributed by atoms with Gasteiger partial charge in [-0.2, -0.15) is 0 Å². The third kappa shape index (κ3) is 3.99. The van der Waals surface area contributed by atoms with Crippen molar-refractivity contribution in [2.75, 3.05) is 13.7 Å². The Labute approximate surface area is 117 Å². The van der Waals surface area contributed by atoms with Crippen LogP contribution < -0.4 is 5.32 Å². The number of aromatic nitrogens is 1. The third-order valence-electron chi connectivity index (χ3n) is 3.49. The molecule has 0 aliphatic heterocycles. The SMILES string of the molecule is COCc1nc(C(=O)NC2CCC(CO)CC2)cs1. The minimum Gasteiger partial charge on any atom is -0.396 e. The van der Waals surface area contributed by atoms with Crippen LogP contribution in [0.1, 0.15) is 41.2 Å². The Kier molecular flexibility index (Phi) is 5.30. The lowest BCUT2D eigenvalue weighted by molar-refractivity contribution is 0.0909. The standard InChI is InChI=1S/C13H20N2O3S/c1-18-7-12-15-11(8-19-12)13(17)14-10-4-2-9(6-16)3-5-10/h8-10,16H,2-7H2,1H3,(H,14,17). The first kappa shape index (κ1) is 14.4. The van der Waals surface area contributed by atoms with Crippen molar-refractivity contribution < 1.29 is 14.6 Å². The van der Waals surface area contributed by atoms with E-state index in [4.69, 9.17) is 9.84 Å². The summed E-state index contributed by atoms with van der Waals surface area (Å²) in [5, 5.41) is 14.7. The predicted molar refractivity (Wildman–Crippen MR) is 73.1 cm³/mol. The number of carbonyl (C=O) groups excluding carboxylic acids is 1. The molecule has 1 saturated carbocycles. The van der Waals surface area contributed by atoms with Crippen LogP contribution >= 0.6 is 11.3 Å². The van der Waals surface area contributed by atoms with Gasteiger partial charge in [-0.3, -0.25) is 4.79 Å². The fourth-order valence-corrected chi connectivity index (χ4v) is 3.10. The summed E-state index contributed by atoms with van der Waals surface area (Å²) in [5.41, 5.74) is 0.473. The van der Waals surface area contributed by atoms with Gasteiger partial charge in [0.25, 0.3) is 5.91 Å². The van der Waals surface area contributed by atoms with E-state index in [1.54, 1.807) is 12.5 Å². The molecule has 0 saturated heterocycles. The van der Waals surface area contributed by atoms with E-state index in [0.29, 0.717) is 18.2 Å². The van der Waals surface area contributed by atoms with Crippen molar-refractivity contribution in [1.82, 2.24) is 10.3 Å². The van der Waals surface area contributed by atoms with Crippen molar-refractivity contribution in [1.29, 1.82) is 0 Å². The molecule has 0 unspecified atom stereocenters. The van der Waals surface area contributed by atoms with Crippen molar-refractivity contribution in [3.63, 3.8) is 0 Å². The summed E-state index contributed by atoms with van der Waals surface area (Å²) < 4.78 is 4.99. The molecule has 1 aromatic heterocycles. The normalized spacial score (nSPS) is 23.3. The Morgan fingerprint density at radius 3 is 2.89 bits per heavy atom. The lowest BCUT2D eigenvalue weighted by atomic mass is 9.86. The number of amides is 1. The molecule has 1 heterocycles. The van der Waals surface area contributed by atoms with Gasteiger partial charge < -0.3 is 15.2 Å². The van der Waals surface area contributed by atoms with Gasteiger partial charge in [0.1, 0.15) is 10.7 Å². The second kappa shape index (κ2) is 6.98. The molecule has 0 spiro atoms. The topological polar surface area (TPSA) is 71.5 Å². The number of nitrogens with zero attached hydrogens (tertiary/aromatic N) is 1. The first-order valence-electron chi connectivity index (χ1n) is 6.58. The second-order valence-corrected chi connectivity index (χ2v) is 5.88. The van der Waals surface area contributed by atoms with Crippen LogP contribution in [-0.4, -0.2) is 35.8 Å². The molecule has 1 aliphatic carbocycles. The highest BCUT2D eigenvalue weighted by molar-refractivity contribution is 7.09. The lowest BCUT2D eigenvalue weighted by Crippen LogP contribution is -2.38. The van der Waals surface area contributed by atoms with Gasteiger partial charge in [0.2, 0.25) is 0 Å². The largest absolute Gasteiger partial charge is 0.396 e. The van der Waals surface area contributed by atoms with Gasteiger partial charge in [0.05, 0.1) is 6.61 Å². The molecule has 0 bridgehead atoms. The van der Waals surface area contributed by atoms with Crippen molar-refractivity contribution in [2.24, 2.45) is 5.92 Å². The smallest absolute Gasteiger partial charge is 0.270 e. The summed E-state index contributed by atoms with van der Waals surface area (Å²) in [6, 6.07) is 0.211. The van der Waals surface area contributed by atoms with Crippen LogP contribution in [-0.2, 0) is 11.3 Å². The molecule has 1 aromatic rings. The highest BCUT2D eigenvalue weighted by Gasteiger charge is 2.23. The average molecular weight is 284 g/mol. The molecular formula is C13H20N2O3S. The summed E-state index contributed by atoms with van der Waals surface area (Å²) in [6.07, 6.45) is 3.83. The van der Waals surface area contributed by atoms with Crippen molar-refractivity contribution in [3.8, 4) is 0 Å². The van der Waals surface area contributed by atoms with Gasteiger partial charge >= 0.3 is 0 Å². The zero-order valence-electron chi connectivity index (χ0n) is 11.1. The minimum atomic E-state index is -0.106. The van der Waals surface area contributed by atoms with Crippen molar-refractivity contribution in [2.45, 2.75) is 38.3 Å². The van der Waals surface area contributed by atoms with Gasteiger partial charge in [-0.25, -0.2) is 4.98 Å². The fraction of sp³-hybridized carbons (Fsp3) is 0.692. The monoisotopic (exact) mass is 284 g/mol. The second-order valence-electron chi connectivity index (χ2n) is 4.93. The number of nitrogens with one attached hydrogen (secondary N) is 1. The Bertz CT molecular complexity index is 414. The Hall–Kier alpha value is -0.980. The van der Waals surface area contributed by atoms with Crippen LogP contribution in [0.4, 0.5) is 0 Å². The van der Waals surface area contributed by atoms with Crippen LogP contribution in [0.5, 0.6) is 0 Å². The van der Waals surface area contributed by atoms with Crippen LogP contribution in [0.3, 0.4) is 0 Å². The van der Waals surface area contributed by atoms with E-state index in [2.05, 4.69) is 10.3 Å². The summed E-state index contributed by atoms with van der Waals surface area (Å²) in [7, 11) is 1.61. The quantitative estimate of drug-likeness (QED) is 0.861. The molecule has 1 fully saturated rings. The van der Waals surface area contributed by atoms with E-state index < -0.39 is 0 Å². The van der Waals surface area contributed by atoms with E-state index in [-0.39, 0.29) is 18.6 Å². The minimum absolute atomic E-state index is 0.106. The molecule has 0 aromatic carbocycles. The fourth-order valence-electron chi connectivity index (χ4n) is 2.35. The maximum Gasteiger partial charge on any atom is 0.270 e. The zero-order valence-corrected chi connectivity index (χ0v) is 11.9. The van der Waals surface area contributed by atoms with Gasteiger partial charge in [0, 0.05) is 25.1 Å². The number of aliphatic hydroxyl groups is 1. The molecule has 19 heavy (non-hydrogen) atoms. The zero-order chi connectivity index (χ0) is 13.7. The molecular weight excluding hydrogens is 264 g/mol. The molecule has 1 aliphatic rings. The highest BCUT2D eigenvalue weighted by atomic mass is 32.1. The van der Waals surface area contributed by atoms with E-state index in [0.717, 1.165) is 30.7 Å². The number of rotatable bonds is 5. The van der Waals surface area contributed by atoms with Crippen LogP contribution in [0, 0.1) is 5.92 Å². The number of carbonyl (C=O) groups is 1. The molecule has 6 heteroatoms. The predicted octanol–water partition coefficient (Wildman–Crippen LogP) is 1.57. The first-order valence-corrected chi connectivity index (χ1v) is 7.46. The number of methoxy groups -OCH3 is 1. The Morgan fingerprint density at radius 1 is 1.53 bits per heavy atom. The lowest BCUT2D eigenvalue weighted by Gasteiger charge is -2.27. The van der Waals surface area contributed by atoms with E-state index in [1.807, 2.05) is 0 Å². The number of hydrogen-bond donors (Lipinski definition) is 2. The van der Waals surface area contributed by atoms with Crippen molar-refractivity contribution in [3.05, 3.63) is 16.1 Å². The van der Waals surface area contributed by atoms with Gasteiger partial charge in [0.15, 0.2) is 0 Å². The molecule has 0 atom stereocenters. The number of ether oxygens (including phenoxy) is 1. The van der Waals surface area contributed by atoms with Crippen LogP contribution in [0.15, 0.2) is 5.38 Å². The molecule has 1 amide bonds. The molecule has 0 radical (unpaired) electrons. The molecule has 106 valence electrons. The Balaban J connectivity index is 1.83. The highest BCUT2D eigenvalue weighted by Crippen LogP contribution is 2.24. The summed E-state index contributed by atoms with van der Waals surface area (Å²) in [5.74, 6) is 0.298. The maximum absolute atomic E-state index is 12.0. The van der Waals surface area contributed by atoms with Gasteiger partial charge in [-0.05, 0) is 31.6 Å². The molecule has 2 N–H and O–H groups in total. The van der Waals surface area contributed by atoms with E-state index in [9.17, 15) is 4.79 Å². The number of aliphatic hydroxyl groups excluding tert-OH is 1. The molecule has 5 nitrogen and oxygen atoms in total. The van der Waals surface area contributed by atoms with E-state index in [1.165, 1.54) is 11.3 Å². The molecule has 2 rings (SSSR count). The van der Waals surface area contributed by atoms with E-state index >= 15 is 0 Å². The maximum atomic E-state index is 12.0. The third-order valence-corrected chi connectivity index (χ3v) is 4.31. The summed E-state index contributed by atoms with van der Waals surface area (Å²) in [4.78, 5) is 16.3. The van der Waals surface area contributed by atoms with Crippen molar-refractivity contribution >= 4 is 17.2 Å². The first-order chi connectivity index (χ1) is 9.22. The van der Waals surface area contributed by atoms with Gasteiger partial charge in [-0.15, -0.1) is 11.3 Å². The summed E-state index contributed by atoms with van der Waals surface area (Å²) >= 11 is 1.44. The van der Waals surface area contributed by atoms with Crippen LogP contribution in [0.25, 0.3) is 0 Å². The summed E-state index contributed by atoms with van der Waals surface area (Å²) in [6.45, 7) is 0.701. The average Bonchev–Trinajstić information content (AvgIpc) is 2.89. The van der Waals surface area contributed by atoms with Crippen LogP contribution in [0.2, 0.25) is 0 Å². The number of thiazole rings is 1. The number of hydrogen-bond acceptors (Lipinski definition) is 5.